The third-order valence-electron chi connectivity index (χ3n) is 3.10. The van der Waals surface area contributed by atoms with E-state index in [1.807, 2.05) is 12.1 Å². The molecule has 2 aromatic rings. The van der Waals surface area contributed by atoms with Gasteiger partial charge >= 0.3 is 0 Å². The first kappa shape index (κ1) is 14.0. The lowest BCUT2D eigenvalue weighted by Crippen LogP contribution is -2.04. The Morgan fingerprint density at radius 3 is 2.47 bits per heavy atom. The minimum absolute atomic E-state index is 0.571. The predicted octanol–water partition coefficient (Wildman–Crippen LogP) is 3.24. The molecule has 0 saturated heterocycles. The number of methoxy groups -OCH3 is 2. The second kappa shape index (κ2) is 6.15. The lowest BCUT2D eigenvalue weighted by Gasteiger charge is -2.09. The van der Waals surface area contributed by atoms with Gasteiger partial charge in [-0.2, -0.15) is 0 Å². The number of benzene rings is 1. The molecule has 0 saturated carbocycles. The highest BCUT2D eigenvalue weighted by atomic mass is 35.5. The maximum absolute atomic E-state index is 5.85. The van der Waals surface area contributed by atoms with E-state index in [1.54, 1.807) is 14.2 Å². The van der Waals surface area contributed by atoms with Crippen LogP contribution in [0.15, 0.2) is 12.1 Å². The molecule has 0 fully saturated rings. The van der Waals surface area contributed by atoms with Crippen molar-refractivity contribution in [1.29, 1.82) is 0 Å². The molecular weight excluding hydrogens is 264 g/mol. The number of alkyl halides is 1. The van der Waals surface area contributed by atoms with Crippen LogP contribution in [0.3, 0.4) is 0 Å². The van der Waals surface area contributed by atoms with E-state index >= 15 is 0 Å². The highest BCUT2D eigenvalue weighted by molar-refractivity contribution is 6.17. The number of nitrogens with zero attached hydrogens (tertiary/aromatic N) is 2. The number of aromatic nitrogens is 2. The molecule has 1 heterocycles. The zero-order valence-electron chi connectivity index (χ0n) is 11.6. The van der Waals surface area contributed by atoms with Crippen molar-refractivity contribution >= 4 is 22.6 Å². The number of halogens is 1. The van der Waals surface area contributed by atoms with Gasteiger partial charge in [0.05, 0.1) is 25.3 Å². The van der Waals surface area contributed by atoms with Gasteiger partial charge in [-0.3, -0.25) is 0 Å². The van der Waals surface area contributed by atoms with Gasteiger partial charge in [0.25, 0.3) is 0 Å². The Bertz CT molecular complexity index is 566. The molecule has 4 nitrogen and oxygen atoms in total. The maximum atomic E-state index is 5.85. The lowest BCUT2D eigenvalue weighted by atomic mass is 10.2. The number of hydrogen-bond acceptors (Lipinski definition) is 3. The standard InChI is InChI=1S/C14H19ClN2O2/c1-4-7-17-11-9-13(19-3)12(18-2)8-10(11)16-14(17)5-6-15/h8-9H,4-7H2,1-3H3. The van der Waals surface area contributed by atoms with Gasteiger partial charge in [0.2, 0.25) is 0 Å². The van der Waals surface area contributed by atoms with Gasteiger partial charge in [0, 0.05) is 31.0 Å². The molecule has 0 radical (unpaired) electrons. The summed E-state index contributed by atoms with van der Waals surface area (Å²) in [6.07, 6.45) is 1.82. The van der Waals surface area contributed by atoms with E-state index in [-0.39, 0.29) is 0 Å². The second-order valence-corrected chi connectivity index (χ2v) is 4.69. The van der Waals surface area contributed by atoms with Crippen LogP contribution in [0.5, 0.6) is 11.5 Å². The molecule has 0 atom stereocenters. The SMILES string of the molecule is CCCn1c(CCCl)nc2cc(OC)c(OC)cc21. The van der Waals surface area contributed by atoms with Gasteiger partial charge in [-0.1, -0.05) is 6.92 Å². The largest absolute Gasteiger partial charge is 0.493 e. The van der Waals surface area contributed by atoms with Crippen LogP contribution in [0.4, 0.5) is 0 Å². The van der Waals surface area contributed by atoms with E-state index in [2.05, 4.69) is 16.5 Å². The monoisotopic (exact) mass is 282 g/mol. The minimum Gasteiger partial charge on any atom is -0.493 e. The fourth-order valence-electron chi connectivity index (χ4n) is 2.25. The minimum atomic E-state index is 0.571. The van der Waals surface area contributed by atoms with Crippen molar-refractivity contribution in [3.05, 3.63) is 18.0 Å². The van der Waals surface area contributed by atoms with Crippen LogP contribution in [0.25, 0.3) is 11.0 Å². The fraction of sp³-hybridized carbons (Fsp3) is 0.500. The van der Waals surface area contributed by atoms with Crippen molar-refractivity contribution in [2.24, 2.45) is 0 Å². The maximum Gasteiger partial charge on any atom is 0.163 e. The molecule has 0 N–H and O–H groups in total. The van der Waals surface area contributed by atoms with Crippen molar-refractivity contribution in [2.75, 3.05) is 20.1 Å². The Morgan fingerprint density at radius 2 is 1.89 bits per heavy atom. The van der Waals surface area contributed by atoms with Gasteiger partial charge in [-0.05, 0) is 6.42 Å². The van der Waals surface area contributed by atoms with Gasteiger partial charge in [-0.15, -0.1) is 11.6 Å². The second-order valence-electron chi connectivity index (χ2n) is 4.31. The average molecular weight is 283 g/mol. The molecule has 0 aliphatic rings. The summed E-state index contributed by atoms with van der Waals surface area (Å²) in [6, 6.07) is 3.90. The molecule has 0 amide bonds. The average Bonchev–Trinajstić information content (AvgIpc) is 2.75. The third kappa shape index (κ3) is 2.63. The highest BCUT2D eigenvalue weighted by Gasteiger charge is 2.14. The van der Waals surface area contributed by atoms with Crippen molar-refractivity contribution in [3.8, 4) is 11.5 Å². The number of fused-ring (bicyclic) bond motifs is 1. The van der Waals surface area contributed by atoms with Crippen LogP contribution in [0, 0.1) is 0 Å². The van der Waals surface area contributed by atoms with Crippen LogP contribution in [-0.4, -0.2) is 29.7 Å². The number of rotatable bonds is 6. The first-order chi connectivity index (χ1) is 9.24. The van der Waals surface area contributed by atoms with Gasteiger partial charge in [0.15, 0.2) is 11.5 Å². The molecule has 0 aliphatic carbocycles. The normalized spacial score (nSPS) is 10.9. The molecule has 0 spiro atoms. The van der Waals surface area contributed by atoms with Crippen molar-refractivity contribution in [1.82, 2.24) is 9.55 Å². The van der Waals surface area contributed by atoms with Gasteiger partial charge in [0.1, 0.15) is 5.82 Å². The van der Waals surface area contributed by atoms with Crippen LogP contribution >= 0.6 is 11.6 Å². The molecule has 19 heavy (non-hydrogen) atoms. The van der Waals surface area contributed by atoms with E-state index in [1.165, 1.54) is 0 Å². The van der Waals surface area contributed by atoms with E-state index < -0.39 is 0 Å². The molecule has 2 rings (SSSR count). The number of imidazole rings is 1. The topological polar surface area (TPSA) is 36.3 Å². The quantitative estimate of drug-likeness (QED) is 0.763. The van der Waals surface area contributed by atoms with E-state index in [4.69, 9.17) is 21.1 Å². The first-order valence-electron chi connectivity index (χ1n) is 6.42. The van der Waals surface area contributed by atoms with E-state index in [0.717, 1.165) is 42.0 Å². The Labute approximate surface area is 118 Å². The van der Waals surface area contributed by atoms with Crippen molar-refractivity contribution in [2.45, 2.75) is 26.3 Å². The lowest BCUT2D eigenvalue weighted by molar-refractivity contribution is 0.355. The fourth-order valence-corrected chi connectivity index (χ4v) is 2.42. The third-order valence-corrected chi connectivity index (χ3v) is 3.29. The Kier molecular flexibility index (Phi) is 4.53. The smallest absolute Gasteiger partial charge is 0.163 e. The van der Waals surface area contributed by atoms with Crippen LogP contribution in [0.2, 0.25) is 0 Å². The summed E-state index contributed by atoms with van der Waals surface area (Å²) in [5.74, 6) is 3.02. The number of aryl methyl sites for hydroxylation is 2. The van der Waals surface area contributed by atoms with Gasteiger partial charge in [-0.25, -0.2) is 4.98 Å². The van der Waals surface area contributed by atoms with Crippen LogP contribution in [-0.2, 0) is 13.0 Å². The molecule has 1 aromatic heterocycles. The van der Waals surface area contributed by atoms with Gasteiger partial charge < -0.3 is 14.0 Å². The molecule has 0 bridgehead atoms. The van der Waals surface area contributed by atoms with Crippen LogP contribution < -0.4 is 9.47 Å². The molecule has 0 unspecified atom stereocenters. The zero-order valence-corrected chi connectivity index (χ0v) is 12.3. The highest BCUT2D eigenvalue weighted by Crippen LogP contribution is 2.32. The number of ether oxygens (including phenoxy) is 2. The molecule has 0 aliphatic heterocycles. The summed E-state index contributed by atoms with van der Waals surface area (Å²) in [6.45, 7) is 3.08. The molecular formula is C14H19ClN2O2. The molecule has 104 valence electrons. The Hall–Kier alpha value is -1.42. The summed E-state index contributed by atoms with van der Waals surface area (Å²) < 4.78 is 12.9. The summed E-state index contributed by atoms with van der Waals surface area (Å²) in [7, 11) is 3.27. The van der Waals surface area contributed by atoms with Crippen molar-refractivity contribution in [3.63, 3.8) is 0 Å². The predicted molar refractivity (Wildman–Crippen MR) is 77.6 cm³/mol. The van der Waals surface area contributed by atoms with E-state index in [9.17, 15) is 0 Å². The summed E-state index contributed by atoms with van der Waals surface area (Å²) in [4.78, 5) is 4.65. The molecule has 1 aromatic carbocycles. The number of hydrogen-bond donors (Lipinski definition) is 0. The van der Waals surface area contributed by atoms with Crippen molar-refractivity contribution < 1.29 is 9.47 Å². The van der Waals surface area contributed by atoms with E-state index in [0.29, 0.717) is 11.6 Å². The summed E-state index contributed by atoms with van der Waals surface area (Å²) >= 11 is 5.85. The summed E-state index contributed by atoms with van der Waals surface area (Å²) in [5.41, 5.74) is 1.99. The first-order valence-corrected chi connectivity index (χ1v) is 6.95. The molecule has 5 heteroatoms. The summed E-state index contributed by atoms with van der Waals surface area (Å²) in [5, 5.41) is 0. The zero-order chi connectivity index (χ0) is 13.8. The Morgan fingerprint density at radius 1 is 1.21 bits per heavy atom. The van der Waals surface area contributed by atoms with Crippen LogP contribution in [0.1, 0.15) is 19.2 Å². The Balaban J connectivity index is 2.62.